The molecule has 1 amide bonds. The van der Waals surface area contributed by atoms with Crippen molar-refractivity contribution in [1.82, 2.24) is 4.98 Å². The van der Waals surface area contributed by atoms with Crippen LogP contribution in [0.1, 0.15) is 22.8 Å². The number of aromatic nitrogens is 1. The number of benzene rings is 1. The highest BCUT2D eigenvalue weighted by Crippen LogP contribution is 2.17. The molecule has 1 aromatic carbocycles. The van der Waals surface area contributed by atoms with Crippen LogP contribution in [-0.4, -0.2) is 17.5 Å². The number of para-hydroxylation sites is 1. The van der Waals surface area contributed by atoms with Gasteiger partial charge in [0.2, 0.25) is 5.56 Å². The number of nitrogens with one attached hydrogen (secondary N) is 2. The van der Waals surface area contributed by atoms with E-state index in [1.807, 2.05) is 31.2 Å². The van der Waals surface area contributed by atoms with Crippen LogP contribution in [0.25, 0.3) is 0 Å². The fourth-order valence-corrected chi connectivity index (χ4v) is 1.73. The Morgan fingerprint density at radius 1 is 1.25 bits per heavy atom. The number of pyridine rings is 1. The number of carbonyl (C=O) groups excluding carboxylic acids is 1. The molecule has 1 aromatic heterocycles. The molecule has 5 nitrogen and oxygen atoms in total. The molecule has 0 saturated carbocycles. The minimum absolute atomic E-state index is 0.238. The van der Waals surface area contributed by atoms with Crippen LogP contribution in [0, 0.1) is 0 Å². The van der Waals surface area contributed by atoms with Crippen molar-refractivity contribution >= 4 is 11.6 Å². The Morgan fingerprint density at radius 2 is 2.05 bits per heavy atom. The number of amides is 1. The van der Waals surface area contributed by atoms with Crippen LogP contribution in [0.15, 0.2) is 47.4 Å². The van der Waals surface area contributed by atoms with Crippen molar-refractivity contribution in [2.24, 2.45) is 0 Å². The summed E-state index contributed by atoms with van der Waals surface area (Å²) in [4.78, 5) is 25.5. The van der Waals surface area contributed by atoms with Crippen LogP contribution in [-0.2, 0) is 11.3 Å². The number of rotatable bonds is 5. The van der Waals surface area contributed by atoms with Crippen LogP contribution in [0.2, 0.25) is 0 Å². The highest BCUT2D eigenvalue weighted by molar-refractivity contribution is 6.04. The summed E-state index contributed by atoms with van der Waals surface area (Å²) >= 11 is 0. The summed E-state index contributed by atoms with van der Waals surface area (Å²) < 4.78 is 5.36. The average molecular weight is 272 g/mol. The summed E-state index contributed by atoms with van der Waals surface area (Å²) in [5.74, 6) is -0.273. The highest BCUT2D eigenvalue weighted by atomic mass is 16.5. The third kappa shape index (κ3) is 3.55. The maximum absolute atomic E-state index is 12.1. The summed E-state index contributed by atoms with van der Waals surface area (Å²) in [6.45, 7) is 2.97. The molecule has 2 N–H and O–H groups in total. The van der Waals surface area contributed by atoms with E-state index in [9.17, 15) is 9.59 Å². The Bertz CT molecular complexity index is 629. The molecule has 0 atom stereocenters. The Morgan fingerprint density at radius 3 is 2.75 bits per heavy atom. The molecular formula is C15H16N2O3. The lowest BCUT2D eigenvalue weighted by Gasteiger charge is -2.10. The first-order valence-electron chi connectivity index (χ1n) is 6.36. The first kappa shape index (κ1) is 14.0. The summed E-state index contributed by atoms with van der Waals surface area (Å²) in [5.41, 5.74) is 1.78. The van der Waals surface area contributed by atoms with Gasteiger partial charge in [-0.1, -0.05) is 18.2 Å². The molecule has 2 rings (SSSR count). The van der Waals surface area contributed by atoms with E-state index in [1.165, 1.54) is 18.3 Å². The van der Waals surface area contributed by atoms with Gasteiger partial charge in [0.1, 0.15) is 0 Å². The smallest absolute Gasteiger partial charge is 0.257 e. The molecule has 2 aromatic rings. The zero-order valence-electron chi connectivity index (χ0n) is 11.2. The van der Waals surface area contributed by atoms with Crippen molar-refractivity contribution in [2.75, 3.05) is 11.9 Å². The van der Waals surface area contributed by atoms with E-state index >= 15 is 0 Å². The number of ether oxygens (including phenoxy) is 1. The second kappa shape index (κ2) is 6.68. The van der Waals surface area contributed by atoms with Crippen molar-refractivity contribution in [3.05, 3.63) is 64.1 Å². The van der Waals surface area contributed by atoms with E-state index in [4.69, 9.17) is 4.74 Å². The van der Waals surface area contributed by atoms with Crippen molar-refractivity contribution in [1.29, 1.82) is 0 Å². The molecule has 0 aliphatic carbocycles. The summed E-state index contributed by atoms with van der Waals surface area (Å²) in [7, 11) is 0. The minimum atomic E-state index is -0.273. The second-order valence-corrected chi connectivity index (χ2v) is 4.19. The molecular weight excluding hydrogens is 256 g/mol. The fourth-order valence-electron chi connectivity index (χ4n) is 1.73. The SMILES string of the molecule is CCOCc1ccccc1NC(=O)c1ccc(=O)[nH]c1. The minimum Gasteiger partial charge on any atom is -0.377 e. The van der Waals surface area contributed by atoms with Crippen molar-refractivity contribution in [3.8, 4) is 0 Å². The fraction of sp³-hybridized carbons (Fsp3) is 0.200. The van der Waals surface area contributed by atoms with Crippen molar-refractivity contribution in [3.63, 3.8) is 0 Å². The topological polar surface area (TPSA) is 71.2 Å². The maximum Gasteiger partial charge on any atom is 0.257 e. The van der Waals surface area contributed by atoms with Crippen LogP contribution in [0.4, 0.5) is 5.69 Å². The Labute approximate surface area is 116 Å². The van der Waals surface area contributed by atoms with E-state index < -0.39 is 0 Å². The monoisotopic (exact) mass is 272 g/mol. The lowest BCUT2D eigenvalue weighted by molar-refractivity contribution is 0.102. The van der Waals surface area contributed by atoms with Crippen LogP contribution in [0.3, 0.4) is 0 Å². The average Bonchev–Trinajstić information content (AvgIpc) is 2.47. The van der Waals surface area contributed by atoms with Gasteiger partial charge in [0.25, 0.3) is 5.91 Å². The predicted molar refractivity (Wildman–Crippen MR) is 76.8 cm³/mol. The molecule has 0 bridgehead atoms. The lowest BCUT2D eigenvalue weighted by Crippen LogP contribution is -2.15. The van der Waals surface area contributed by atoms with Crippen molar-refractivity contribution < 1.29 is 9.53 Å². The van der Waals surface area contributed by atoms with Gasteiger partial charge in [-0.25, -0.2) is 0 Å². The Balaban J connectivity index is 2.15. The standard InChI is InChI=1S/C15H16N2O3/c1-2-20-10-12-5-3-4-6-13(12)17-15(19)11-7-8-14(18)16-9-11/h3-9H,2,10H2,1H3,(H,16,18)(H,17,19). The van der Waals surface area contributed by atoms with Crippen molar-refractivity contribution in [2.45, 2.75) is 13.5 Å². The largest absolute Gasteiger partial charge is 0.377 e. The number of hydrogen-bond acceptors (Lipinski definition) is 3. The molecule has 104 valence electrons. The van der Waals surface area contributed by atoms with Gasteiger partial charge in [0.15, 0.2) is 0 Å². The van der Waals surface area contributed by atoms with Gasteiger partial charge in [0.05, 0.1) is 12.2 Å². The van der Waals surface area contributed by atoms with Gasteiger partial charge in [-0.15, -0.1) is 0 Å². The van der Waals surface area contributed by atoms with Gasteiger partial charge in [-0.2, -0.15) is 0 Å². The zero-order valence-corrected chi connectivity index (χ0v) is 11.2. The summed E-state index contributed by atoms with van der Waals surface area (Å²) in [5, 5.41) is 2.81. The summed E-state index contributed by atoms with van der Waals surface area (Å²) in [6, 6.07) is 10.3. The third-order valence-electron chi connectivity index (χ3n) is 2.77. The number of carbonyl (C=O) groups is 1. The number of hydrogen-bond donors (Lipinski definition) is 2. The molecule has 20 heavy (non-hydrogen) atoms. The zero-order chi connectivity index (χ0) is 14.4. The van der Waals surface area contributed by atoms with Crippen LogP contribution >= 0.6 is 0 Å². The molecule has 0 fully saturated rings. The number of aromatic amines is 1. The number of H-pyrrole nitrogens is 1. The normalized spacial score (nSPS) is 10.2. The van der Waals surface area contributed by atoms with Gasteiger partial charge in [-0.05, 0) is 19.1 Å². The van der Waals surface area contributed by atoms with Crippen LogP contribution < -0.4 is 10.9 Å². The van der Waals surface area contributed by atoms with E-state index in [1.54, 1.807) is 0 Å². The molecule has 0 aliphatic heterocycles. The molecule has 0 saturated heterocycles. The molecule has 0 radical (unpaired) electrons. The molecule has 0 spiro atoms. The second-order valence-electron chi connectivity index (χ2n) is 4.19. The predicted octanol–water partition coefficient (Wildman–Crippen LogP) is 2.16. The van der Waals surface area contributed by atoms with Crippen LogP contribution in [0.5, 0.6) is 0 Å². The highest BCUT2D eigenvalue weighted by Gasteiger charge is 2.08. The van der Waals surface area contributed by atoms with Gasteiger partial charge >= 0.3 is 0 Å². The van der Waals surface area contributed by atoms with E-state index in [0.717, 1.165) is 5.56 Å². The molecule has 5 heteroatoms. The Kier molecular flexibility index (Phi) is 4.68. The molecule has 0 aliphatic rings. The van der Waals surface area contributed by atoms with E-state index in [2.05, 4.69) is 10.3 Å². The quantitative estimate of drug-likeness (QED) is 0.876. The lowest BCUT2D eigenvalue weighted by atomic mass is 10.1. The third-order valence-corrected chi connectivity index (χ3v) is 2.77. The van der Waals surface area contributed by atoms with Gasteiger partial charge < -0.3 is 15.0 Å². The van der Waals surface area contributed by atoms with E-state index in [0.29, 0.717) is 24.5 Å². The van der Waals surface area contributed by atoms with Gasteiger partial charge in [-0.3, -0.25) is 9.59 Å². The first-order valence-corrected chi connectivity index (χ1v) is 6.36. The maximum atomic E-state index is 12.1. The first-order chi connectivity index (χ1) is 9.70. The van der Waals surface area contributed by atoms with E-state index in [-0.39, 0.29) is 11.5 Å². The van der Waals surface area contributed by atoms with Gasteiger partial charge in [0, 0.05) is 30.1 Å². The Hall–Kier alpha value is -2.40. The summed E-state index contributed by atoms with van der Waals surface area (Å²) in [6.07, 6.45) is 1.39. The molecule has 1 heterocycles. The molecule has 0 unspecified atom stereocenters. The number of anilines is 1.